The number of hydrogen-bond donors (Lipinski definition) is 3. The van der Waals surface area contributed by atoms with E-state index >= 15 is 0 Å². The number of sulfonamides is 1. The Kier molecular flexibility index (Phi) is 8.44. The molecule has 2 rings (SSSR count). The van der Waals surface area contributed by atoms with Crippen molar-refractivity contribution in [2.75, 3.05) is 19.6 Å². The number of guanidine groups is 1. The molecule has 0 spiro atoms. The summed E-state index contributed by atoms with van der Waals surface area (Å²) >= 11 is 0. The van der Waals surface area contributed by atoms with E-state index in [4.69, 9.17) is 0 Å². The molecular formula is C16H27IN4O2S. The van der Waals surface area contributed by atoms with E-state index in [0.717, 1.165) is 23.6 Å². The fourth-order valence-corrected chi connectivity index (χ4v) is 3.51. The first kappa shape index (κ1) is 21.2. The van der Waals surface area contributed by atoms with E-state index in [1.165, 1.54) is 12.8 Å². The summed E-state index contributed by atoms with van der Waals surface area (Å²) in [4.78, 5) is 4.74. The van der Waals surface area contributed by atoms with Crippen molar-refractivity contribution in [2.24, 2.45) is 4.99 Å². The van der Waals surface area contributed by atoms with E-state index in [-0.39, 0.29) is 30.5 Å². The van der Waals surface area contributed by atoms with Gasteiger partial charge in [0.1, 0.15) is 0 Å². The number of rotatable bonds is 7. The molecule has 0 saturated heterocycles. The van der Waals surface area contributed by atoms with E-state index < -0.39 is 10.0 Å². The maximum absolute atomic E-state index is 12.4. The molecule has 136 valence electrons. The lowest BCUT2D eigenvalue weighted by atomic mass is 10.2. The van der Waals surface area contributed by atoms with Crippen molar-refractivity contribution in [1.82, 2.24) is 15.4 Å². The molecule has 1 aromatic rings. The van der Waals surface area contributed by atoms with Crippen molar-refractivity contribution < 1.29 is 8.42 Å². The maximum Gasteiger partial charge on any atom is 0.240 e. The smallest absolute Gasteiger partial charge is 0.240 e. The van der Waals surface area contributed by atoms with Crippen LogP contribution in [0.5, 0.6) is 0 Å². The summed E-state index contributed by atoms with van der Waals surface area (Å²) in [6, 6.07) is 5.94. The maximum atomic E-state index is 12.4. The van der Waals surface area contributed by atoms with Crippen molar-refractivity contribution in [2.45, 2.75) is 44.6 Å². The predicted molar refractivity (Wildman–Crippen MR) is 109 cm³/mol. The van der Waals surface area contributed by atoms with Crippen molar-refractivity contribution in [3.63, 3.8) is 0 Å². The molecule has 0 aliphatic heterocycles. The summed E-state index contributed by atoms with van der Waals surface area (Å²) in [6.45, 7) is 7.15. The number of aliphatic imine (C=N–C) groups is 1. The van der Waals surface area contributed by atoms with Gasteiger partial charge in [0.05, 0.1) is 11.4 Å². The molecule has 24 heavy (non-hydrogen) atoms. The Morgan fingerprint density at radius 1 is 1.29 bits per heavy atom. The Morgan fingerprint density at radius 3 is 2.62 bits per heavy atom. The third kappa shape index (κ3) is 6.56. The summed E-state index contributed by atoms with van der Waals surface area (Å²) in [7, 11) is -3.49. The molecule has 0 heterocycles. The van der Waals surface area contributed by atoms with Gasteiger partial charge in [-0.15, -0.1) is 24.0 Å². The number of hydrogen-bond acceptors (Lipinski definition) is 3. The highest BCUT2D eigenvalue weighted by Crippen LogP contribution is 2.18. The molecule has 0 unspecified atom stereocenters. The van der Waals surface area contributed by atoms with Crippen molar-refractivity contribution in [3.05, 3.63) is 29.3 Å². The molecule has 0 radical (unpaired) electrons. The van der Waals surface area contributed by atoms with Crippen LogP contribution in [-0.4, -0.2) is 40.1 Å². The van der Waals surface area contributed by atoms with Gasteiger partial charge in [-0.2, -0.15) is 0 Å². The minimum atomic E-state index is -3.49. The minimum absolute atomic E-state index is 0. The highest BCUT2D eigenvalue weighted by Gasteiger charge is 2.22. The highest BCUT2D eigenvalue weighted by molar-refractivity contribution is 14.0. The van der Waals surface area contributed by atoms with Crippen LogP contribution in [0, 0.1) is 13.8 Å². The quantitative estimate of drug-likeness (QED) is 0.248. The largest absolute Gasteiger partial charge is 0.357 e. The summed E-state index contributed by atoms with van der Waals surface area (Å²) in [5.74, 6) is 0.751. The molecule has 0 aromatic heterocycles. The van der Waals surface area contributed by atoms with Crippen molar-refractivity contribution >= 4 is 40.0 Å². The van der Waals surface area contributed by atoms with Gasteiger partial charge in [-0.25, -0.2) is 13.1 Å². The Bertz CT molecular complexity index is 673. The normalized spacial score (nSPS) is 14.9. The van der Waals surface area contributed by atoms with Gasteiger partial charge in [-0.3, -0.25) is 4.99 Å². The molecule has 0 atom stereocenters. The molecule has 1 aromatic carbocycles. The second-order valence-corrected chi connectivity index (χ2v) is 7.58. The zero-order valence-corrected chi connectivity index (χ0v) is 17.6. The number of halogens is 1. The SMILES string of the molecule is CCNC(=NCCNS(=O)(=O)c1cc(C)ccc1C)NC1CC1.I. The number of aryl methyl sites for hydroxylation is 2. The zero-order chi connectivity index (χ0) is 16.9. The van der Waals surface area contributed by atoms with Crippen LogP contribution >= 0.6 is 24.0 Å². The van der Waals surface area contributed by atoms with Crippen molar-refractivity contribution in [1.29, 1.82) is 0 Å². The van der Waals surface area contributed by atoms with E-state index in [1.54, 1.807) is 13.0 Å². The third-order valence-electron chi connectivity index (χ3n) is 3.57. The van der Waals surface area contributed by atoms with Gasteiger partial charge in [0.2, 0.25) is 10.0 Å². The molecule has 1 aliphatic carbocycles. The Labute approximate surface area is 162 Å². The average Bonchev–Trinajstić information content (AvgIpc) is 3.30. The topological polar surface area (TPSA) is 82.6 Å². The second-order valence-electron chi connectivity index (χ2n) is 5.85. The average molecular weight is 466 g/mol. The first-order valence-corrected chi connectivity index (χ1v) is 9.52. The van der Waals surface area contributed by atoms with Gasteiger partial charge < -0.3 is 10.6 Å². The lowest BCUT2D eigenvalue weighted by Gasteiger charge is -2.11. The molecule has 0 bridgehead atoms. The monoisotopic (exact) mass is 466 g/mol. The van der Waals surface area contributed by atoms with E-state index in [0.29, 0.717) is 17.5 Å². The van der Waals surface area contributed by atoms with Gasteiger partial charge in [-0.05, 0) is 50.8 Å². The van der Waals surface area contributed by atoms with Gasteiger partial charge in [0.15, 0.2) is 5.96 Å². The summed E-state index contributed by atoms with van der Waals surface area (Å²) in [5.41, 5.74) is 1.67. The predicted octanol–water partition coefficient (Wildman–Crippen LogP) is 1.92. The fraction of sp³-hybridized carbons (Fsp3) is 0.562. The molecule has 1 fully saturated rings. The third-order valence-corrected chi connectivity index (χ3v) is 5.17. The first-order valence-electron chi connectivity index (χ1n) is 8.04. The molecule has 3 N–H and O–H groups in total. The first-order chi connectivity index (χ1) is 10.9. The fourth-order valence-electron chi connectivity index (χ4n) is 2.16. The van der Waals surface area contributed by atoms with Crippen LogP contribution in [-0.2, 0) is 10.0 Å². The van der Waals surface area contributed by atoms with Crippen LogP contribution < -0.4 is 15.4 Å². The van der Waals surface area contributed by atoms with E-state index in [9.17, 15) is 8.42 Å². The summed E-state index contributed by atoms with van der Waals surface area (Å²) in [6.07, 6.45) is 2.34. The van der Waals surface area contributed by atoms with E-state index in [2.05, 4.69) is 20.3 Å². The Hall–Kier alpha value is -0.870. The Balaban J connectivity index is 0.00000288. The van der Waals surface area contributed by atoms with Crippen LogP contribution in [0.1, 0.15) is 30.9 Å². The molecule has 1 aliphatic rings. The lowest BCUT2D eigenvalue weighted by molar-refractivity contribution is 0.581. The van der Waals surface area contributed by atoms with Crippen molar-refractivity contribution in [3.8, 4) is 0 Å². The molecule has 6 nitrogen and oxygen atoms in total. The van der Waals surface area contributed by atoms with Crippen LogP contribution in [0.25, 0.3) is 0 Å². The number of nitrogens with zero attached hydrogens (tertiary/aromatic N) is 1. The van der Waals surface area contributed by atoms with E-state index in [1.807, 2.05) is 26.0 Å². The van der Waals surface area contributed by atoms with Crippen LogP contribution in [0.2, 0.25) is 0 Å². The van der Waals surface area contributed by atoms with Gasteiger partial charge in [0, 0.05) is 19.1 Å². The summed E-state index contributed by atoms with van der Waals surface area (Å²) in [5, 5.41) is 6.46. The number of benzene rings is 1. The highest BCUT2D eigenvalue weighted by atomic mass is 127. The molecule has 8 heteroatoms. The molecule has 0 amide bonds. The zero-order valence-electron chi connectivity index (χ0n) is 14.4. The number of nitrogens with one attached hydrogen (secondary N) is 3. The van der Waals surface area contributed by atoms with Crippen LogP contribution in [0.4, 0.5) is 0 Å². The lowest BCUT2D eigenvalue weighted by Crippen LogP contribution is -2.39. The Morgan fingerprint density at radius 2 is 2.00 bits per heavy atom. The van der Waals surface area contributed by atoms with Crippen LogP contribution in [0.3, 0.4) is 0 Å². The van der Waals surface area contributed by atoms with Crippen LogP contribution in [0.15, 0.2) is 28.1 Å². The molecule has 1 saturated carbocycles. The standard InChI is InChI=1S/C16H26N4O2S.HI/c1-4-17-16(20-14-7-8-14)18-9-10-19-23(21,22)15-11-12(2)5-6-13(15)3;/h5-6,11,14,19H,4,7-10H2,1-3H3,(H2,17,18,20);1H. The summed E-state index contributed by atoms with van der Waals surface area (Å²) < 4.78 is 27.4. The minimum Gasteiger partial charge on any atom is -0.357 e. The van der Waals surface area contributed by atoms with Gasteiger partial charge in [0.25, 0.3) is 0 Å². The van der Waals surface area contributed by atoms with Gasteiger partial charge in [-0.1, -0.05) is 12.1 Å². The second kappa shape index (κ2) is 9.57. The van der Waals surface area contributed by atoms with Gasteiger partial charge >= 0.3 is 0 Å². The molecular weight excluding hydrogens is 439 g/mol.